The number of nitrogens with zero attached hydrogens (tertiary/aromatic N) is 3. The molecule has 0 N–H and O–H groups in total. The van der Waals surface area contributed by atoms with Crippen molar-refractivity contribution in [3.8, 4) is 0 Å². The van der Waals surface area contributed by atoms with E-state index in [9.17, 15) is 18.0 Å². The fourth-order valence-electron chi connectivity index (χ4n) is 4.36. The highest BCUT2D eigenvalue weighted by molar-refractivity contribution is 7.88. The molecule has 3 fully saturated rings. The Kier molecular flexibility index (Phi) is 5.50. The molecular weight excluding hydrogens is 398 g/mol. The zero-order valence-electron chi connectivity index (χ0n) is 16.1. The molecule has 1 aliphatic carbocycles. The van der Waals surface area contributed by atoms with Crippen molar-refractivity contribution < 1.29 is 18.0 Å². The van der Waals surface area contributed by atoms with Gasteiger partial charge in [0.05, 0.1) is 6.26 Å². The van der Waals surface area contributed by atoms with Crippen molar-refractivity contribution in [2.75, 3.05) is 45.5 Å². The Labute approximate surface area is 170 Å². The molecule has 0 bridgehead atoms. The number of hydrogen-bond acceptors (Lipinski definition) is 5. The van der Waals surface area contributed by atoms with Crippen molar-refractivity contribution in [2.24, 2.45) is 11.8 Å². The van der Waals surface area contributed by atoms with Gasteiger partial charge in [0.25, 0.3) is 0 Å². The van der Waals surface area contributed by atoms with Crippen LogP contribution in [0.5, 0.6) is 0 Å². The van der Waals surface area contributed by atoms with Gasteiger partial charge in [-0.3, -0.25) is 9.59 Å². The smallest absolute Gasteiger partial charge is 0.226 e. The molecule has 1 aromatic rings. The van der Waals surface area contributed by atoms with Gasteiger partial charge in [0.15, 0.2) is 0 Å². The minimum Gasteiger partial charge on any atom is -0.339 e. The summed E-state index contributed by atoms with van der Waals surface area (Å²) in [6.07, 6.45) is 3.32. The lowest BCUT2D eigenvalue weighted by Crippen LogP contribution is -2.53. The lowest BCUT2D eigenvalue weighted by atomic mass is 9.96. The second-order valence-electron chi connectivity index (χ2n) is 8.05. The van der Waals surface area contributed by atoms with Gasteiger partial charge in [0.1, 0.15) is 0 Å². The second-order valence-corrected chi connectivity index (χ2v) is 11.0. The monoisotopic (exact) mass is 425 g/mol. The molecule has 2 aliphatic heterocycles. The molecule has 2 unspecified atom stereocenters. The molecule has 28 heavy (non-hydrogen) atoms. The first-order valence-electron chi connectivity index (χ1n) is 9.90. The van der Waals surface area contributed by atoms with Crippen LogP contribution in [-0.2, 0) is 19.6 Å². The number of carbonyl (C=O) groups is 2. The molecule has 2 saturated heterocycles. The third kappa shape index (κ3) is 4.11. The average Bonchev–Trinajstić information content (AvgIpc) is 3.31. The summed E-state index contributed by atoms with van der Waals surface area (Å²) in [6.45, 7) is 3.18. The summed E-state index contributed by atoms with van der Waals surface area (Å²) in [4.78, 5) is 30.6. The van der Waals surface area contributed by atoms with E-state index in [-0.39, 0.29) is 23.7 Å². The van der Waals surface area contributed by atoms with Crippen LogP contribution in [0.4, 0.5) is 0 Å². The first kappa shape index (κ1) is 19.8. The summed E-state index contributed by atoms with van der Waals surface area (Å²) in [5.41, 5.74) is 0. The topological polar surface area (TPSA) is 78.0 Å². The van der Waals surface area contributed by atoms with Crippen LogP contribution in [0.25, 0.3) is 0 Å². The van der Waals surface area contributed by atoms with Gasteiger partial charge in [-0.15, -0.1) is 11.3 Å². The third-order valence-electron chi connectivity index (χ3n) is 6.19. The van der Waals surface area contributed by atoms with E-state index in [0.717, 1.165) is 6.42 Å². The highest BCUT2D eigenvalue weighted by Crippen LogP contribution is 2.50. The van der Waals surface area contributed by atoms with Gasteiger partial charge in [-0.25, -0.2) is 12.7 Å². The standard InChI is InChI=1S/C19H27N3O4S2/c1-28(25,26)22-6-4-14(5-7-22)18(23)20-8-10-21(11-9-20)19(24)16-13-15(16)17-3-2-12-27-17/h2-3,12,14-16H,4-11,13H2,1H3. The van der Waals surface area contributed by atoms with Crippen molar-refractivity contribution in [1.29, 1.82) is 0 Å². The molecule has 1 aromatic heterocycles. The van der Waals surface area contributed by atoms with Crippen LogP contribution in [0.3, 0.4) is 0 Å². The number of carbonyl (C=O) groups excluding carboxylic acids is 2. The fraction of sp³-hybridized carbons (Fsp3) is 0.684. The summed E-state index contributed by atoms with van der Waals surface area (Å²) in [7, 11) is -3.17. The van der Waals surface area contributed by atoms with Crippen LogP contribution in [0.1, 0.15) is 30.1 Å². The number of thiophene rings is 1. The van der Waals surface area contributed by atoms with Crippen LogP contribution < -0.4 is 0 Å². The Morgan fingerprint density at radius 3 is 2.14 bits per heavy atom. The van der Waals surface area contributed by atoms with E-state index in [4.69, 9.17) is 0 Å². The summed E-state index contributed by atoms with van der Waals surface area (Å²) in [5.74, 6) is 0.732. The highest BCUT2D eigenvalue weighted by Gasteiger charge is 2.46. The molecule has 3 aliphatic rings. The van der Waals surface area contributed by atoms with Gasteiger partial charge in [0, 0.05) is 61.9 Å². The van der Waals surface area contributed by atoms with Crippen LogP contribution in [0.15, 0.2) is 17.5 Å². The predicted molar refractivity (Wildman–Crippen MR) is 107 cm³/mol. The number of hydrogen-bond donors (Lipinski definition) is 0. The maximum atomic E-state index is 12.8. The van der Waals surface area contributed by atoms with Crippen LogP contribution >= 0.6 is 11.3 Å². The third-order valence-corrected chi connectivity index (χ3v) is 8.50. The van der Waals surface area contributed by atoms with Crippen LogP contribution in [-0.4, -0.2) is 79.9 Å². The molecule has 154 valence electrons. The summed E-state index contributed by atoms with van der Waals surface area (Å²) in [6, 6.07) is 4.14. The lowest BCUT2D eigenvalue weighted by molar-refractivity contribution is -0.143. The molecule has 2 amide bonds. The number of rotatable bonds is 4. The lowest BCUT2D eigenvalue weighted by Gasteiger charge is -2.38. The van der Waals surface area contributed by atoms with Crippen molar-refractivity contribution in [2.45, 2.75) is 25.2 Å². The van der Waals surface area contributed by atoms with Crippen LogP contribution in [0, 0.1) is 11.8 Å². The second kappa shape index (κ2) is 7.76. The molecule has 9 heteroatoms. The minimum atomic E-state index is -3.17. The van der Waals surface area contributed by atoms with E-state index in [1.54, 1.807) is 11.3 Å². The summed E-state index contributed by atoms with van der Waals surface area (Å²) >= 11 is 1.72. The average molecular weight is 426 g/mol. The summed E-state index contributed by atoms with van der Waals surface area (Å²) < 4.78 is 24.7. The molecule has 4 rings (SSSR count). The Hall–Kier alpha value is -1.45. The Balaban J connectivity index is 1.24. The van der Waals surface area contributed by atoms with E-state index in [1.165, 1.54) is 15.4 Å². The maximum absolute atomic E-state index is 12.8. The van der Waals surface area contributed by atoms with E-state index >= 15 is 0 Å². The Morgan fingerprint density at radius 2 is 1.61 bits per heavy atom. The number of amides is 2. The predicted octanol–water partition coefficient (Wildman–Crippen LogP) is 1.19. The highest BCUT2D eigenvalue weighted by atomic mass is 32.2. The first-order chi connectivity index (χ1) is 13.3. The number of piperazine rings is 1. The van der Waals surface area contributed by atoms with Crippen molar-refractivity contribution in [3.63, 3.8) is 0 Å². The molecule has 0 radical (unpaired) electrons. The molecule has 3 heterocycles. The van der Waals surface area contributed by atoms with E-state index in [1.807, 2.05) is 15.9 Å². The molecular formula is C19H27N3O4S2. The van der Waals surface area contributed by atoms with Gasteiger partial charge >= 0.3 is 0 Å². The van der Waals surface area contributed by atoms with Crippen molar-refractivity contribution in [1.82, 2.24) is 14.1 Å². The minimum absolute atomic E-state index is 0.105. The largest absolute Gasteiger partial charge is 0.339 e. The van der Waals surface area contributed by atoms with E-state index in [2.05, 4.69) is 11.4 Å². The molecule has 0 aromatic carbocycles. The van der Waals surface area contributed by atoms with Gasteiger partial charge in [-0.1, -0.05) is 6.07 Å². The maximum Gasteiger partial charge on any atom is 0.226 e. The molecule has 2 atom stereocenters. The zero-order valence-corrected chi connectivity index (χ0v) is 17.8. The Bertz CT molecular complexity index is 823. The quantitative estimate of drug-likeness (QED) is 0.726. The van der Waals surface area contributed by atoms with E-state index < -0.39 is 10.0 Å². The van der Waals surface area contributed by atoms with Crippen molar-refractivity contribution >= 4 is 33.2 Å². The Morgan fingerprint density at radius 1 is 1.00 bits per heavy atom. The zero-order chi connectivity index (χ0) is 19.9. The summed E-state index contributed by atoms with van der Waals surface area (Å²) in [5, 5.41) is 2.06. The van der Waals surface area contributed by atoms with Crippen LogP contribution in [0.2, 0.25) is 0 Å². The number of sulfonamides is 1. The molecule has 1 saturated carbocycles. The van der Waals surface area contributed by atoms with Crippen molar-refractivity contribution in [3.05, 3.63) is 22.4 Å². The van der Waals surface area contributed by atoms with E-state index in [0.29, 0.717) is 58.0 Å². The first-order valence-corrected chi connectivity index (χ1v) is 12.6. The normalized spacial score (nSPS) is 27.0. The molecule has 7 nitrogen and oxygen atoms in total. The molecule has 0 spiro atoms. The fourth-order valence-corrected chi connectivity index (χ4v) is 6.14. The van der Waals surface area contributed by atoms with Gasteiger partial charge in [-0.05, 0) is 30.7 Å². The van der Waals surface area contributed by atoms with Gasteiger partial charge in [0.2, 0.25) is 21.8 Å². The van der Waals surface area contributed by atoms with Gasteiger partial charge < -0.3 is 9.80 Å². The number of piperidine rings is 1. The SMILES string of the molecule is CS(=O)(=O)N1CCC(C(=O)N2CCN(C(=O)C3CC3c3cccs3)CC2)CC1. The van der Waals surface area contributed by atoms with Gasteiger partial charge in [-0.2, -0.15) is 0 Å².